The van der Waals surface area contributed by atoms with Gasteiger partial charge < -0.3 is 24.9 Å². The van der Waals surface area contributed by atoms with Crippen LogP contribution in [-0.4, -0.2) is 95.1 Å². The number of carboxylic acid groups (broad SMARTS) is 1. The monoisotopic (exact) mass is 517 g/mol. The molecule has 0 bridgehead atoms. The Labute approximate surface area is 202 Å². The molecule has 12 nitrogen and oxygen atoms in total. The van der Waals surface area contributed by atoms with E-state index in [1.54, 1.807) is 27.0 Å². The van der Waals surface area contributed by atoms with Crippen molar-refractivity contribution in [3.8, 4) is 0 Å². The van der Waals surface area contributed by atoms with Crippen molar-refractivity contribution >= 4 is 64.7 Å². The Morgan fingerprint density at radius 2 is 2.15 bits per heavy atom. The van der Waals surface area contributed by atoms with Gasteiger partial charge in [-0.3, -0.25) is 14.4 Å². The number of β-lactam (4-membered cyclic amide) rings is 1. The van der Waals surface area contributed by atoms with Crippen molar-refractivity contribution in [2.45, 2.75) is 42.5 Å². The molecule has 2 fully saturated rings. The number of aliphatic carboxylic acids is 1. The Kier molecular flexibility index (Phi) is 7.53. The molecule has 2 saturated heterocycles. The summed E-state index contributed by atoms with van der Waals surface area (Å²) in [4.78, 5) is 55.5. The smallest absolute Gasteiger partial charge is 0.347 e. The number of oxime groups is 1. The van der Waals surface area contributed by atoms with E-state index >= 15 is 0 Å². The van der Waals surface area contributed by atoms with Crippen LogP contribution in [-0.2, 0) is 28.8 Å². The number of ether oxygens (including phenoxy) is 1. The van der Waals surface area contributed by atoms with E-state index in [0.717, 1.165) is 11.7 Å². The van der Waals surface area contributed by atoms with E-state index < -0.39 is 46.2 Å². The number of aromatic nitrogens is 2. The minimum Gasteiger partial charge on any atom is -0.480 e. The van der Waals surface area contributed by atoms with Gasteiger partial charge in [0.1, 0.15) is 27.5 Å². The van der Waals surface area contributed by atoms with Crippen LogP contribution in [0.15, 0.2) is 11.4 Å². The van der Waals surface area contributed by atoms with Crippen molar-refractivity contribution in [2.75, 3.05) is 25.2 Å². The Balaban J connectivity index is 1.66. The molecule has 180 valence electrons. The molecule has 2 amide bonds. The summed E-state index contributed by atoms with van der Waals surface area (Å²) in [6.45, 7) is 4.65. The lowest BCUT2D eigenvalue weighted by molar-refractivity contribution is -0.160. The summed E-state index contributed by atoms with van der Waals surface area (Å²) < 4.78 is 11.8. The van der Waals surface area contributed by atoms with Gasteiger partial charge in [-0.25, -0.2) is 4.79 Å². The van der Waals surface area contributed by atoms with Crippen LogP contribution in [0.4, 0.5) is 0 Å². The van der Waals surface area contributed by atoms with Gasteiger partial charge in [0.05, 0.1) is 17.9 Å². The standard InChI is InChI=1S/C18H23N5O7S3/c1-17(2,3)30-10(24)6-29-21-11(9-5-19-33-22-9)13(25)20-12-14(26)23-7-18(31-4,16(27)28)8-32-15(12)23/h5,12,15H,6-8H2,1-4H3,(H,20,25)(H,27,28)/t12?,15-,18?/m1/s1. The van der Waals surface area contributed by atoms with Gasteiger partial charge in [0.2, 0.25) is 12.5 Å². The number of amides is 2. The zero-order valence-corrected chi connectivity index (χ0v) is 20.7. The van der Waals surface area contributed by atoms with Gasteiger partial charge in [-0.15, -0.1) is 23.5 Å². The predicted molar refractivity (Wildman–Crippen MR) is 122 cm³/mol. The summed E-state index contributed by atoms with van der Waals surface area (Å²) in [5.74, 6) is -2.47. The Morgan fingerprint density at radius 1 is 1.42 bits per heavy atom. The Bertz CT molecular complexity index is 965. The molecule has 0 saturated carbocycles. The fraction of sp³-hybridized carbons (Fsp3) is 0.611. The molecule has 3 heterocycles. The second-order valence-electron chi connectivity index (χ2n) is 8.21. The lowest BCUT2D eigenvalue weighted by atomic mass is 10.0. The second kappa shape index (κ2) is 9.85. The highest BCUT2D eigenvalue weighted by atomic mass is 32.2. The van der Waals surface area contributed by atoms with Crippen molar-refractivity contribution in [2.24, 2.45) is 5.16 Å². The van der Waals surface area contributed by atoms with Crippen molar-refractivity contribution < 1.29 is 33.9 Å². The third-order valence-corrected chi connectivity index (χ3v) is 8.12. The van der Waals surface area contributed by atoms with Crippen molar-refractivity contribution in [1.29, 1.82) is 0 Å². The van der Waals surface area contributed by atoms with Crippen LogP contribution in [0.2, 0.25) is 0 Å². The fourth-order valence-electron chi connectivity index (χ4n) is 3.10. The molecule has 1 aromatic heterocycles. The van der Waals surface area contributed by atoms with Gasteiger partial charge in [-0.05, 0) is 27.0 Å². The average molecular weight is 518 g/mol. The lowest BCUT2D eigenvalue weighted by Gasteiger charge is -2.53. The molecule has 0 aliphatic carbocycles. The number of thioether (sulfide) groups is 2. The summed E-state index contributed by atoms with van der Waals surface area (Å²) in [6, 6.07) is -0.848. The lowest BCUT2D eigenvalue weighted by Crippen LogP contribution is -2.74. The van der Waals surface area contributed by atoms with E-state index in [1.165, 1.54) is 34.6 Å². The molecule has 15 heteroatoms. The number of esters is 1. The van der Waals surface area contributed by atoms with Crippen LogP contribution < -0.4 is 5.32 Å². The normalized spacial score (nSPS) is 25.0. The number of fused-ring (bicyclic) bond motifs is 1. The number of carbonyl (C=O) groups excluding carboxylic acids is 3. The molecule has 3 atom stereocenters. The largest absolute Gasteiger partial charge is 0.480 e. The number of carbonyl (C=O) groups is 4. The molecule has 1 aromatic rings. The Hall–Kier alpha value is -2.39. The molecule has 0 spiro atoms. The first-order valence-electron chi connectivity index (χ1n) is 9.68. The van der Waals surface area contributed by atoms with Crippen LogP contribution >= 0.6 is 35.3 Å². The first-order chi connectivity index (χ1) is 15.5. The number of hydrogen-bond acceptors (Lipinski definition) is 12. The van der Waals surface area contributed by atoms with Crippen molar-refractivity contribution in [3.63, 3.8) is 0 Å². The number of hydrogen-bond donors (Lipinski definition) is 2. The topological polar surface area (TPSA) is 160 Å². The summed E-state index contributed by atoms with van der Waals surface area (Å²) in [7, 11) is 0. The molecule has 2 N–H and O–H groups in total. The molecule has 2 unspecified atom stereocenters. The SMILES string of the molecule is CSC1(C(=O)O)CS[C@@H]2C(NC(=O)C(=NOCC(=O)OC(C)(C)C)c3cnsn3)C(=O)N2C1. The number of rotatable bonds is 8. The van der Waals surface area contributed by atoms with Gasteiger partial charge in [-0.1, -0.05) is 5.16 Å². The molecule has 0 radical (unpaired) electrons. The van der Waals surface area contributed by atoms with Gasteiger partial charge in [0.15, 0.2) is 5.71 Å². The molecule has 33 heavy (non-hydrogen) atoms. The number of nitrogens with one attached hydrogen (secondary N) is 1. The average Bonchev–Trinajstić information content (AvgIpc) is 3.27. The van der Waals surface area contributed by atoms with E-state index in [9.17, 15) is 24.3 Å². The maximum atomic E-state index is 12.9. The van der Waals surface area contributed by atoms with E-state index in [4.69, 9.17) is 9.57 Å². The molecular formula is C18H23N5O7S3. The number of nitrogens with zero attached hydrogens (tertiary/aromatic N) is 4. The summed E-state index contributed by atoms with van der Waals surface area (Å²) in [5.41, 5.74) is -0.830. The highest BCUT2D eigenvalue weighted by molar-refractivity contribution is 8.04. The van der Waals surface area contributed by atoms with Crippen LogP contribution in [0.5, 0.6) is 0 Å². The zero-order chi connectivity index (χ0) is 24.4. The Morgan fingerprint density at radius 3 is 2.73 bits per heavy atom. The van der Waals surface area contributed by atoms with Crippen molar-refractivity contribution in [1.82, 2.24) is 19.0 Å². The van der Waals surface area contributed by atoms with Gasteiger partial charge in [0.25, 0.3) is 5.91 Å². The second-order valence-corrected chi connectivity index (χ2v) is 11.1. The molecule has 3 rings (SSSR count). The van der Waals surface area contributed by atoms with Gasteiger partial charge in [0, 0.05) is 12.3 Å². The van der Waals surface area contributed by atoms with Crippen LogP contribution in [0, 0.1) is 0 Å². The summed E-state index contributed by atoms with van der Waals surface area (Å²) >= 11 is 3.33. The highest BCUT2D eigenvalue weighted by Gasteiger charge is 2.57. The third kappa shape index (κ3) is 5.58. The summed E-state index contributed by atoms with van der Waals surface area (Å²) in [5, 5.41) is 15.5. The van der Waals surface area contributed by atoms with Crippen LogP contribution in [0.25, 0.3) is 0 Å². The number of carboxylic acids is 1. The zero-order valence-electron chi connectivity index (χ0n) is 18.3. The van der Waals surface area contributed by atoms with Crippen LogP contribution in [0.1, 0.15) is 26.5 Å². The van der Waals surface area contributed by atoms with Crippen molar-refractivity contribution in [3.05, 3.63) is 11.9 Å². The van der Waals surface area contributed by atoms with Crippen LogP contribution in [0.3, 0.4) is 0 Å². The summed E-state index contributed by atoms with van der Waals surface area (Å²) in [6.07, 6.45) is 3.00. The van der Waals surface area contributed by atoms with E-state index in [0.29, 0.717) is 5.75 Å². The molecule has 2 aliphatic rings. The van der Waals surface area contributed by atoms with E-state index in [-0.39, 0.29) is 23.9 Å². The first kappa shape index (κ1) is 25.2. The van der Waals surface area contributed by atoms with E-state index in [1.807, 2.05) is 0 Å². The maximum Gasteiger partial charge on any atom is 0.347 e. The van der Waals surface area contributed by atoms with Gasteiger partial charge >= 0.3 is 11.9 Å². The highest BCUT2D eigenvalue weighted by Crippen LogP contribution is 2.43. The minimum atomic E-state index is -1.08. The molecule has 0 aromatic carbocycles. The fourth-order valence-corrected chi connectivity index (χ4v) is 6.02. The first-order valence-corrected chi connectivity index (χ1v) is 12.7. The van der Waals surface area contributed by atoms with Gasteiger partial charge in [-0.2, -0.15) is 8.75 Å². The third-order valence-electron chi connectivity index (χ3n) is 4.70. The molecular weight excluding hydrogens is 494 g/mol. The predicted octanol–water partition coefficient (Wildman–Crippen LogP) is 0.187. The minimum absolute atomic E-state index is 0.0579. The molecule has 2 aliphatic heterocycles. The van der Waals surface area contributed by atoms with E-state index in [2.05, 4.69) is 19.2 Å². The maximum absolute atomic E-state index is 12.9. The quantitative estimate of drug-likeness (QED) is 0.210.